The second kappa shape index (κ2) is 15.8. The largest absolute Gasteiger partial charge is 0.369 e. The van der Waals surface area contributed by atoms with Crippen molar-refractivity contribution in [3.05, 3.63) is 113 Å². The van der Waals surface area contributed by atoms with Crippen molar-refractivity contribution in [2.75, 3.05) is 31.1 Å². The summed E-state index contributed by atoms with van der Waals surface area (Å²) in [6, 6.07) is 25.9. The van der Waals surface area contributed by atoms with Crippen LogP contribution in [0.1, 0.15) is 110 Å². The minimum atomic E-state index is -0.407. The van der Waals surface area contributed by atoms with Gasteiger partial charge in [0.1, 0.15) is 12.0 Å². The molecule has 308 valence electrons. The molecule has 1 unspecified atom stereocenters. The molecule has 1 aliphatic carbocycles. The molecule has 13 heteroatoms. The molecule has 3 amide bonds. The smallest absolute Gasteiger partial charge is 0.315 e. The number of anilines is 1. The number of H-pyrrole nitrogens is 1. The van der Waals surface area contributed by atoms with Gasteiger partial charge in [-0.05, 0) is 91.1 Å². The monoisotopic (exact) mass is 805 g/mol. The van der Waals surface area contributed by atoms with Crippen LogP contribution in [0.3, 0.4) is 0 Å². The summed E-state index contributed by atoms with van der Waals surface area (Å²) < 4.78 is 5.25. The lowest BCUT2D eigenvalue weighted by molar-refractivity contribution is -0.134. The molecule has 3 N–H and O–H groups in total. The molecule has 2 atom stereocenters. The van der Waals surface area contributed by atoms with Gasteiger partial charge in [-0.2, -0.15) is 4.98 Å². The van der Waals surface area contributed by atoms with Gasteiger partial charge in [0.25, 0.3) is 0 Å². The van der Waals surface area contributed by atoms with Crippen LogP contribution in [-0.2, 0) is 15.0 Å². The van der Waals surface area contributed by atoms with Gasteiger partial charge in [-0.3, -0.25) is 24.6 Å². The Morgan fingerprint density at radius 1 is 0.900 bits per heavy atom. The van der Waals surface area contributed by atoms with E-state index in [2.05, 4.69) is 101 Å². The fourth-order valence-electron chi connectivity index (χ4n) is 8.96. The second-order valence-electron chi connectivity index (χ2n) is 17.7. The van der Waals surface area contributed by atoms with Gasteiger partial charge < -0.3 is 19.7 Å². The summed E-state index contributed by atoms with van der Waals surface area (Å²) in [6.07, 6.45) is 4.90. The second-order valence-corrected chi connectivity index (χ2v) is 17.7. The number of aryl methyl sites for hydroxylation is 1. The van der Waals surface area contributed by atoms with E-state index in [9.17, 15) is 14.4 Å². The highest BCUT2D eigenvalue weighted by Gasteiger charge is 2.36. The van der Waals surface area contributed by atoms with Gasteiger partial charge in [0.05, 0.1) is 17.7 Å². The average Bonchev–Trinajstić information content (AvgIpc) is 3.90. The molecule has 0 spiro atoms. The van der Waals surface area contributed by atoms with E-state index in [1.165, 1.54) is 11.3 Å². The minimum absolute atomic E-state index is 0.0460. The number of benzene rings is 3. The lowest BCUT2D eigenvalue weighted by Gasteiger charge is -2.47. The van der Waals surface area contributed by atoms with E-state index in [0.717, 1.165) is 89.3 Å². The highest BCUT2D eigenvalue weighted by molar-refractivity contribution is 6.01. The molecule has 5 heterocycles. The zero-order valence-corrected chi connectivity index (χ0v) is 34.8. The van der Waals surface area contributed by atoms with Crippen molar-refractivity contribution in [2.24, 2.45) is 0 Å². The van der Waals surface area contributed by atoms with E-state index in [1.807, 2.05) is 46.8 Å². The van der Waals surface area contributed by atoms with E-state index in [-0.39, 0.29) is 35.1 Å². The number of piperazine rings is 1. The predicted molar refractivity (Wildman–Crippen MR) is 229 cm³/mol. The first kappa shape index (κ1) is 39.3. The molecule has 2 saturated heterocycles. The zero-order valence-electron chi connectivity index (χ0n) is 34.8. The lowest BCUT2D eigenvalue weighted by atomic mass is 9.74. The van der Waals surface area contributed by atoms with E-state index < -0.39 is 5.91 Å². The van der Waals surface area contributed by atoms with E-state index in [4.69, 9.17) is 9.51 Å². The fourth-order valence-corrected chi connectivity index (χ4v) is 8.96. The first-order chi connectivity index (χ1) is 28.9. The van der Waals surface area contributed by atoms with Crippen molar-refractivity contribution < 1.29 is 18.9 Å². The van der Waals surface area contributed by atoms with Crippen LogP contribution in [0.5, 0.6) is 0 Å². The molecule has 0 radical (unpaired) electrons. The average molecular weight is 806 g/mol. The van der Waals surface area contributed by atoms with E-state index in [0.29, 0.717) is 30.6 Å². The molecule has 0 bridgehead atoms. The van der Waals surface area contributed by atoms with Crippen LogP contribution in [0.25, 0.3) is 33.5 Å². The third-order valence-corrected chi connectivity index (χ3v) is 12.6. The molecule has 3 aromatic heterocycles. The van der Waals surface area contributed by atoms with E-state index in [1.54, 1.807) is 6.33 Å². The summed E-state index contributed by atoms with van der Waals surface area (Å²) in [5.41, 5.74) is 9.88. The van der Waals surface area contributed by atoms with Gasteiger partial charge in [0.15, 0.2) is 5.82 Å². The van der Waals surface area contributed by atoms with Crippen LogP contribution < -0.4 is 15.5 Å². The maximum atomic E-state index is 12.9. The number of imide groups is 1. The number of nitrogens with one attached hydrogen (secondary N) is 3. The van der Waals surface area contributed by atoms with Crippen LogP contribution >= 0.6 is 0 Å². The number of carbonyl (C=O) groups is 3. The molecule has 60 heavy (non-hydrogen) atoms. The Hall–Kier alpha value is -6.21. The maximum Gasteiger partial charge on any atom is 0.315 e. The van der Waals surface area contributed by atoms with Gasteiger partial charge in [-0.25, -0.2) is 9.97 Å². The summed E-state index contributed by atoms with van der Waals surface area (Å²) in [5, 5.41) is 10.4. The third kappa shape index (κ3) is 7.81. The van der Waals surface area contributed by atoms with Crippen molar-refractivity contribution in [1.82, 2.24) is 40.6 Å². The first-order valence-electron chi connectivity index (χ1n) is 21.0. The number of nitrogens with zero attached hydrogens (tertiary/aromatic N) is 6. The molecule has 2 aliphatic heterocycles. The van der Waals surface area contributed by atoms with Crippen LogP contribution in [0.4, 0.5) is 5.69 Å². The Kier molecular flexibility index (Phi) is 10.3. The van der Waals surface area contributed by atoms with Crippen molar-refractivity contribution >= 4 is 34.4 Å². The van der Waals surface area contributed by atoms with Gasteiger partial charge in [0.2, 0.25) is 11.8 Å². The van der Waals surface area contributed by atoms with Gasteiger partial charge >= 0.3 is 11.8 Å². The van der Waals surface area contributed by atoms with Gasteiger partial charge in [-0.15, -0.1) is 0 Å². The molecular weight excluding hydrogens is 755 g/mol. The van der Waals surface area contributed by atoms with Crippen molar-refractivity contribution in [3.8, 4) is 22.5 Å². The Labute approximate surface area is 349 Å². The summed E-state index contributed by atoms with van der Waals surface area (Å²) in [7, 11) is 0. The number of aromatic amines is 1. The minimum Gasteiger partial charge on any atom is -0.369 e. The quantitative estimate of drug-likeness (QED) is 0.126. The van der Waals surface area contributed by atoms with Crippen LogP contribution in [0.2, 0.25) is 0 Å². The van der Waals surface area contributed by atoms with Crippen LogP contribution in [0, 0.1) is 6.92 Å². The molecule has 1 saturated carbocycles. The van der Waals surface area contributed by atoms with E-state index >= 15 is 0 Å². The van der Waals surface area contributed by atoms with Gasteiger partial charge in [0, 0.05) is 66.4 Å². The number of hydrogen-bond acceptors (Lipinski definition) is 10. The molecule has 6 aromatic rings. The standard InChI is InChI=1S/C47H51N9O4/c1-27-22-32(12-15-36(27)28(2)50-44(59)45-53-46(54-60-45)47(3,4)5)41-38-25-39(51-42(38)49-26-48-41)31-10-13-34(14-11-31)55-18-20-56(21-19-55)35-23-33(24-35)29-6-8-30(9-7-29)37-16-17-40(57)52-43(37)58/h6-15,22,25-26,28,33,35,37H,16-21,23-24H2,1-5H3,(H,50,59)(H,48,49,51)(H,52,57,58)/t28-,33?,35?,37?/m1/s1. The molecular formula is C47H51N9O4. The fraction of sp³-hybridized carbons (Fsp3) is 0.383. The molecule has 13 nitrogen and oxygen atoms in total. The summed E-state index contributed by atoms with van der Waals surface area (Å²) in [6.45, 7) is 14.0. The normalized spacial score (nSPS) is 20.5. The SMILES string of the molecule is Cc1cc(-c2ncnc3[nH]c(-c4ccc(N5CCN(C6CC(c7ccc(C8CCC(=O)NC8=O)cc7)C6)CC5)cc4)cc23)ccc1[C@@H](C)NC(=O)c1nc(C(C)(C)C)no1. The Bertz CT molecular complexity index is 2560. The summed E-state index contributed by atoms with van der Waals surface area (Å²) in [5.74, 6) is 0.000246. The predicted octanol–water partition coefficient (Wildman–Crippen LogP) is 7.36. The summed E-state index contributed by atoms with van der Waals surface area (Å²) in [4.78, 5) is 59.0. The van der Waals surface area contributed by atoms with Crippen LogP contribution in [-0.4, -0.2) is 79.9 Å². The maximum absolute atomic E-state index is 12.9. The Morgan fingerprint density at radius 3 is 2.30 bits per heavy atom. The number of piperidine rings is 1. The highest BCUT2D eigenvalue weighted by atomic mass is 16.5. The first-order valence-corrected chi connectivity index (χ1v) is 21.0. The Balaban J connectivity index is 0.795. The molecule has 3 aliphatic rings. The highest BCUT2D eigenvalue weighted by Crippen LogP contribution is 2.41. The number of hydrogen-bond donors (Lipinski definition) is 3. The number of rotatable bonds is 9. The lowest BCUT2D eigenvalue weighted by Crippen LogP contribution is -2.53. The molecule has 9 rings (SSSR count). The third-order valence-electron chi connectivity index (χ3n) is 12.6. The molecule has 3 aromatic carbocycles. The number of amides is 3. The van der Waals surface area contributed by atoms with Crippen molar-refractivity contribution in [1.29, 1.82) is 0 Å². The number of aromatic nitrogens is 5. The number of fused-ring (bicyclic) bond motifs is 1. The van der Waals surface area contributed by atoms with Crippen molar-refractivity contribution in [2.45, 2.75) is 89.6 Å². The summed E-state index contributed by atoms with van der Waals surface area (Å²) >= 11 is 0. The number of carbonyl (C=O) groups excluding carboxylic acids is 3. The molecule has 3 fully saturated rings. The Morgan fingerprint density at radius 2 is 1.62 bits per heavy atom. The zero-order chi connectivity index (χ0) is 41.7. The van der Waals surface area contributed by atoms with Crippen molar-refractivity contribution in [3.63, 3.8) is 0 Å². The van der Waals surface area contributed by atoms with Gasteiger partial charge in [-0.1, -0.05) is 74.5 Å². The van der Waals surface area contributed by atoms with Crippen LogP contribution in [0.15, 0.2) is 83.6 Å². The topological polar surface area (TPSA) is 162 Å².